The van der Waals surface area contributed by atoms with Gasteiger partial charge in [-0.15, -0.1) is 0 Å². The molecule has 4 rings (SSSR count). The van der Waals surface area contributed by atoms with Crippen molar-refractivity contribution in [3.63, 3.8) is 0 Å². The molecule has 0 saturated carbocycles. The van der Waals surface area contributed by atoms with E-state index >= 15 is 0 Å². The lowest BCUT2D eigenvalue weighted by Gasteiger charge is -2.20. The quantitative estimate of drug-likeness (QED) is 0.355. The van der Waals surface area contributed by atoms with Gasteiger partial charge in [-0.3, -0.25) is 9.59 Å². The number of carbonyl (C=O) groups excluding carboxylic acids is 2. The fourth-order valence-corrected chi connectivity index (χ4v) is 3.77. The highest BCUT2D eigenvalue weighted by Crippen LogP contribution is 2.22. The molecule has 0 aliphatic heterocycles. The van der Waals surface area contributed by atoms with Crippen molar-refractivity contribution in [2.24, 2.45) is 0 Å². The molecule has 2 atom stereocenters. The van der Waals surface area contributed by atoms with Crippen molar-refractivity contribution in [1.29, 1.82) is 0 Å². The van der Waals surface area contributed by atoms with Crippen molar-refractivity contribution in [2.75, 3.05) is 13.2 Å². The van der Waals surface area contributed by atoms with Gasteiger partial charge in [0, 0.05) is 0 Å². The smallest absolute Gasteiger partial charge is 0.309 e. The Kier molecular flexibility index (Phi) is 6.44. The maximum absolute atomic E-state index is 12.5. The summed E-state index contributed by atoms with van der Waals surface area (Å²) in [6, 6.07) is 25.2. The van der Waals surface area contributed by atoms with Crippen molar-refractivity contribution < 1.29 is 19.8 Å². The van der Waals surface area contributed by atoms with E-state index in [1.807, 2.05) is 84.9 Å². The Labute approximate surface area is 185 Å². The van der Waals surface area contributed by atoms with Crippen LogP contribution in [0.1, 0.15) is 23.2 Å². The van der Waals surface area contributed by atoms with Gasteiger partial charge in [0.25, 0.3) is 0 Å². The van der Waals surface area contributed by atoms with E-state index in [0.29, 0.717) is 11.1 Å². The van der Waals surface area contributed by atoms with Crippen LogP contribution in [0.15, 0.2) is 84.9 Å². The van der Waals surface area contributed by atoms with Gasteiger partial charge < -0.3 is 20.8 Å². The Morgan fingerprint density at radius 2 is 0.969 bits per heavy atom. The first-order valence-corrected chi connectivity index (χ1v) is 10.4. The van der Waals surface area contributed by atoms with E-state index in [-0.39, 0.29) is 13.2 Å². The van der Waals surface area contributed by atoms with E-state index in [4.69, 9.17) is 0 Å². The predicted octanol–water partition coefficient (Wildman–Crippen LogP) is 2.99. The van der Waals surface area contributed by atoms with Crippen LogP contribution in [0.2, 0.25) is 0 Å². The minimum Gasteiger partial charge on any atom is -0.394 e. The van der Waals surface area contributed by atoms with Gasteiger partial charge in [-0.1, -0.05) is 72.8 Å². The maximum atomic E-state index is 12.5. The normalized spacial score (nSPS) is 12.9. The molecule has 0 spiro atoms. The summed E-state index contributed by atoms with van der Waals surface area (Å²) in [6.07, 6.45) is 0. The summed E-state index contributed by atoms with van der Waals surface area (Å²) in [5.74, 6) is -1.76. The monoisotopic (exact) mass is 428 g/mol. The maximum Gasteiger partial charge on any atom is 0.309 e. The highest BCUT2D eigenvalue weighted by atomic mass is 16.3. The summed E-state index contributed by atoms with van der Waals surface area (Å²) in [5.41, 5.74) is 1.39. The van der Waals surface area contributed by atoms with E-state index in [9.17, 15) is 19.8 Å². The van der Waals surface area contributed by atoms with E-state index < -0.39 is 23.9 Å². The molecule has 0 aliphatic rings. The Morgan fingerprint density at radius 3 is 1.34 bits per heavy atom. The zero-order chi connectivity index (χ0) is 22.5. The van der Waals surface area contributed by atoms with Gasteiger partial charge in [0.2, 0.25) is 0 Å². The van der Waals surface area contributed by atoms with Gasteiger partial charge in [0.15, 0.2) is 0 Å². The number of carbonyl (C=O) groups is 2. The zero-order valence-electron chi connectivity index (χ0n) is 17.4. The minimum absolute atomic E-state index is 0.356. The molecule has 162 valence electrons. The molecule has 6 nitrogen and oxygen atoms in total. The standard InChI is InChI=1S/C26H24N2O4/c29-15-23(21-11-9-17-5-1-3-7-19(17)13-21)27-25(31)26(32)28-24(16-30)22-12-10-18-6-2-4-8-20(18)14-22/h1-14,23-24,29-30H,15-16H2,(H,27,31)(H,28,32)/t23-,24-/m0/s1. The minimum atomic E-state index is -0.878. The number of hydrogen-bond acceptors (Lipinski definition) is 4. The molecule has 4 N–H and O–H groups in total. The van der Waals surface area contributed by atoms with Crippen molar-refractivity contribution in [1.82, 2.24) is 10.6 Å². The van der Waals surface area contributed by atoms with Crippen molar-refractivity contribution in [2.45, 2.75) is 12.1 Å². The Bertz CT molecular complexity index is 1170. The zero-order valence-corrected chi connectivity index (χ0v) is 17.4. The average molecular weight is 428 g/mol. The molecular formula is C26H24N2O4. The van der Waals surface area contributed by atoms with Crippen LogP contribution >= 0.6 is 0 Å². The lowest BCUT2D eigenvalue weighted by molar-refractivity contribution is -0.140. The lowest BCUT2D eigenvalue weighted by atomic mass is 10.0. The van der Waals surface area contributed by atoms with Gasteiger partial charge in [0.1, 0.15) is 0 Å². The second kappa shape index (κ2) is 9.60. The van der Waals surface area contributed by atoms with E-state index in [0.717, 1.165) is 21.5 Å². The van der Waals surface area contributed by atoms with Crippen LogP contribution in [-0.4, -0.2) is 35.2 Å². The number of amides is 2. The fourth-order valence-electron chi connectivity index (χ4n) is 3.77. The van der Waals surface area contributed by atoms with E-state index in [2.05, 4.69) is 10.6 Å². The first kappa shape index (κ1) is 21.5. The number of aliphatic hydroxyl groups excluding tert-OH is 2. The molecule has 0 aromatic heterocycles. The molecule has 32 heavy (non-hydrogen) atoms. The summed E-state index contributed by atoms with van der Waals surface area (Å²) in [4.78, 5) is 25.1. The van der Waals surface area contributed by atoms with Crippen LogP contribution in [0.5, 0.6) is 0 Å². The van der Waals surface area contributed by atoms with Gasteiger partial charge in [-0.25, -0.2) is 0 Å². The third-order valence-corrected chi connectivity index (χ3v) is 5.53. The van der Waals surface area contributed by atoms with Crippen LogP contribution in [0.25, 0.3) is 21.5 Å². The second-order valence-electron chi connectivity index (χ2n) is 7.63. The van der Waals surface area contributed by atoms with Gasteiger partial charge in [0.05, 0.1) is 25.3 Å². The Morgan fingerprint density at radius 1 is 0.594 bits per heavy atom. The molecule has 0 fully saturated rings. The van der Waals surface area contributed by atoms with Gasteiger partial charge in [-0.05, 0) is 44.8 Å². The number of benzene rings is 4. The Hall–Kier alpha value is -3.74. The van der Waals surface area contributed by atoms with Crippen LogP contribution < -0.4 is 10.6 Å². The summed E-state index contributed by atoms with van der Waals surface area (Å²) < 4.78 is 0. The number of fused-ring (bicyclic) bond motifs is 2. The summed E-state index contributed by atoms with van der Waals surface area (Å²) in [6.45, 7) is -0.711. The SMILES string of the molecule is O=C(N[C@@H](CO)c1ccc2ccccc2c1)C(=O)N[C@@H](CO)c1ccc2ccccc2c1. The molecular weight excluding hydrogens is 404 g/mol. The summed E-state index contributed by atoms with van der Waals surface area (Å²) >= 11 is 0. The molecule has 2 amide bonds. The first-order valence-electron chi connectivity index (χ1n) is 10.4. The third-order valence-electron chi connectivity index (χ3n) is 5.53. The molecule has 0 bridgehead atoms. The predicted molar refractivity (Wildman–Crippen MR) is 124 cm³/mol. The first-order chi connectivity index (χ1) is 15.6. The number of nitrogens with one attached hydrogen (secondary N) is 2. The number of aliphatic hydroxyl groups is 2. The molecule has 4 aromatic carbocycles. The molecule has 0 heterocycles. The molecule has 6 heteroatoms. The van der Waals surface area contributed by atoms with Crippen LogP contribution in [0.3, 0.4) is 0 Å². The molecule has 0 aliphatic carbocycles. The van der Waals surface area contributed by atoms with E-state index in [1.165, 1.54) is 0 Å². The fraction of sp³-hybridized carbons (Fsp3) is 0.154. The number of rotatable bonds is 6. The lowest BCUT2D eigenvalue weighted by Crippen LogP contribution is -2.44. The molecule has 0 unspecified atom stereocenters. The average Bonchev–Trinajstić information content (AvgIpc) is 2.84. The highest BCUT2D eigenvalue weighted by Gasteiger charge is 2.23. The summed E-state index contributed by atoms with van der Waals surface area (Å²) in [5, 5.41) is 28.8. The molecule has 0 radical (unpaired) electrons. The van der Waals surface area contributed by atoms with Crippen LogP contribution in [0, 0.1) is 0 Å². The summed E-state index contributed by atoms with van der Waals surface area (Å²) in [7, 11) is 0. The van der Waals surface area contributed by atoms with Crippen molar-refractivity contribution in [3.05, 3.63) is 96.1 Å². The van der Waals surface area contributed by atoms with Crippen molar-refractivity contribution >= 4 is 33.4 Å². The Balaban J connectivity index is 1.46. The van der Waals surface area contributed by atoms with Crippen LogP contribution in [-0.2, 0) is 9.59 Å². The number of hydrogen-bond donors (Lipinski definition) is 4. The largest absolute Gasteiger partial charge is 0.394 e. The topological polar surface area (TPSA) is 98.7 Å². The van der Waals surface area contributed by atoms with Crippen LogP contribution in [0.4, 0.5) is 0 Å². The van der Waals surface area contributed by atoms with E-state index in [1.54, 1.807) is 0 Å². The van der Waals surface area contributed by atoms with Crippen molar-refractivity contribution in [3.8, 4) is 0 Å². The second-order valence-corrected chi connectivity index (χ2v) is 7.63. The van der Waals surface area contributed by atoms with Gasteiger partial charge >= 0.3 is 11.8 Å². The third kappa shape index (κ3) is 4.61. The molecule has 4 aromatic rings. The van der Waals surface area contributed by atoms with Gasteiger partial charge in [-0.2, -0.15) is 0 Å². The molecule has 0 saturated heterocycles. The highest BCUT2D eigenvalue weighted by molar-refractivity contribution is 6.35.